The number of aliphatic hydroxyl groups excluding tert-OH is 2. The van der Waals surface area contributed by atoms with Crippen LogP contribution in [0.5, 0.6) is 11.5 Å². The average molecular weight is 646 g/mol. The summed E-state index contributed by atoms with van der Waals surface area (Å²) in [6.45, 7) is 5.58. The van der Waals surface area contributed by atoms with Gasteiger partial charge in [0.05, 0.1) is 18.3 Å². The highest BCUT2D eigenvalue weighted by Crippen LogP contribution is 2.42. The summed E-state index contributed by atoms with van der Waals surface area (Å²) in [6, 6.07) is 10.6. The second-order valence-corrected chi connectivity index (χ2v) is 12.5. The highest BCUT2D eigenvalue weighted by molar-refractivity contribution is 5.93. The van der Waals surface area contributed by atoms with E-state index in [1.807, 2.05) is 44.2 Å². The minimum Gasteiger partial charge on any atom is -0.508 e. The van der Waals surface area contributed by atoms with Gasteiger partial charge in [-0.25, -0.2) is 4.79 Å². The van der Waals surface area contributed by atoms with Crippen LogP contribution in [0.15, 0.2) is 36.4 Å². The van der Waals surface area contributed by atoms with E-state index in [1.54, 1.807) is 14.0 Å². The predicted octanol–water partition coefficient (Wildman–Crippen LogP) is 4.24. The monoisotopic (exact) mass is 645 g/mol. The average Bonchev–Trinajstić information content (AvgIpc) is 3.16. The Bertz CT molecular complexity index is 1290. The number of phenols is 2. The number of aliphatic hydroxyl groups is 2. The zero-order valence-corrected chi connectivity index (χ0v) is 27.6. The maximum absolute atomic E-state index is 12.9. The van der Waals surface area contributed by atoms with Gasteiger partial charge in [-0.2, -0.15) is 0 Å². The van der Waals surface area contributed by atoms with E-state index in [0.717, 1.165) is 11.6 Å². The van der Waals surface area contributed by atoms with Crippen LogP contribution >= 0.6 is 0 Å². The van der Waals surface area contributed by atoms with Crippen LogP contribution < -0.4 is 5.32 Å². The summed E-state index contributed by atoms with van der Waals surface area (Å²) in [5.41, 5.74) is 0.930. The Hall–Kier alpha value is -3.22. The molecule has 2 aromatic rings. The Morgan fingerprint density at radius 2 is 1.76 bits per heavy atom. The lowest BCUT2D eigenvalue weighted by atomic mass is 9.73. The lowest BCUT2D eigenvalue weighted by molar-refractivity contribution is -0.160. The van der Waals surface area contributed by atoms with Gasteiger partial charge in [-0.15, -0.1) is 0 Å². The molecule has 1 heterocycles. The lowest BCUT2D eigenvalue weighted by Crippen LogP contribution is -2.51. The van der Waals surface area contributed by atoms with Crippen LogP contribution in [0.3, 0.4) is 0 Å². The number of rotatable bonds is 16. The first kappa shape index (κ1) is 37.2. The Balaban J connectivity index is 1.70. The minimum atomic E-state index is -1.27. The van der Waals surface area contributed by atoms with Crippen LogP contribution in [0.1, 0.15) is 85.8 Å². The molecule has 0 aliphatic carbocycles. The molecule has 11 nitrogen and oxygen atoms in total. The number of aromatic hydroxyl groups is 2. The fourth-order valence-electron chi connectivity index (χ4n) is 6.37. The van der Waals surface area contributed by atoms with E-state index in [4.69, 9.17) is 14.2 Å². The number of carboxylic acid groups (broad SMARTS) is 1. The van der Waals surface area contributed by atoms with Crippen LogP contribution in [-0.2, 0) is 31.8 Å². The number of nitrogens with one attached hydrogen (secondary N) is 1. The van der Waals surface area contributed by atoms with Crippen molar-refractivity contribution in [3.8, 4) is 11.5 Å². The summed E-state index contributed by atoms with van der Waals surface area (Å²) >= 11 is 0. The van der Waals surface area contributed by atoms with Gasteiger partial charge < -0.3 is 45.1 Å². The molecule has 11 heteroatoms. The first-order valence-electron chi connectivity index (χ1n) is 16.0. The van der Waals surface area contributed by atoms with Crippen molar-refractivity contribution in [2.24, 2.45) is 5.41 Å². The highest BCUT2D eigenvalue weighted by atomic mass is 16.6. The maximum atomic E-state index is 12.9. The topological polar surface area (TPSA) is 175 Å². The number of carbonyl (C=O) groups excluding carboxylic acids is 1. The molecule has 0 bridgehead atoms. The number of amides is 1. The Labute approximate surface area is 271 Å². The Morgan fingerprint density at radius 3 is 2.37 bits per heavy atom. The first-order valence-corrected chi connectivity index (χ1v) is 16.0. The van der Waals surface area contributed by atoms with Gasteiger partial charge in [0, 0.05) is 32.1 Å². The molecule has 0 radical (unpaired) electrons. The third-order valence-corrected chi connectivity index (χ3v) is 9.70. The van der Waals surface area contributed by atoms with Crippen LogP contribution in [-0.4, -0.2) is 88.4 Å². The molecule has 6 N–H and O–H groups in total. The van der Waals surface area contributed by atoms with Gasteiger partial charge in [0.15, 0.2) is 6.23 Å². The van der Waals surface area contributed by atoms with Crippen molar-refractivity contribution in [3.63, 3.8) is 0 Å². The molecule has 7 atom stereocenters. The van der Waals surface area contributed by atoms with Crippen LogP contribution in [0.2, 0.25) is 0 Å². The van der Waals surface area contributed by atoms with Crippen LogP contribution in [0, 0.1) is 12.3 Å². The molecule has 1 fully saturated rings. The second kappa shape index (κ2) is 17.1. The van der Waals surface area contributed by atoms with Crippen molar-refractivity contribution >= 4 is 11.9 Å². The molecule has 1 saturated heterocycles. The number of carboxylic acids is 1. The fourth-order valence-corrected chi connectivity index (χ4v) is 6.37. The molecule has 1 aliphatic rings. The minimum absolute atomic E-state index is 0.171. The zero-order chi connectivity index (χ0) is 34.0. The van der Waals surface area contributed by atoms with Gasteiger partial charge in [-0.05, 0) is 75.0 Å². The lowest BCUT2D eigenvalue weighted by Gasteiger charge is -2.41. The van der Waals surface area contributed by atoms with Crippen molar-refractivity contribution in [1.82, 2.24) is 5.32 Å². The van der Waals surface area contributed by atoms with Gasteiger partial charge in [0.1, 0.15) is 29.3 Å². The molecule has 1 unspecified atom stereocenters. The molecule has 46 heavy (non-hydrogen) atoms. The molecule has 1 amide bonds. The number of hydrogen-bond donors (Lipinski definition) is 6. The number of hydrogen-bond acceptors (Lipinski definition) is 9. The molecule has 0 aromatic heterocycles. The van der Waals surface area contributed by atoms with E-state index in [9.17, 15) is 35.1 Å². The fraction of sp³-hybridized carbons (Fsp3) is 0.600. The number of ether oxygens (including phenoxy) is 3. The molecule has 2 aromatic carbocycles. The second-order valence-electron chi connectivity index (χ2n) is 12.5. The zero-order valence-electron chi connectivity index (χ0n) is 27.6. The molecule has 3 rings (SSSR count). The smallest absolute Gasteiger partial charge is 0.339 e. The molecule has 0 saturated carbocycles. The highest BCUT2D eigenvalue weighted by Gasteiger charge is 2.46. The Morgan fingerprint density at radius 1 is 1.07 bits per heavy atom. The number of carbonyl (C=O) groups is 2. The summed E-state index contributed by atoms with van der Waals surface area (Å²) in [5, 5.41) is 54.7. The Kier molecular flexibility index (Phi) is 13.8. The van der Waals surface area contributed by atoms with Crippen LogP contribution in [0.4, 0.5) is 0 Å². The van der Waals surface area contributed by atoms with Crippen molar-refractivity contribution in [2.45, 2.75) is 115 Å². The van der Waals surface area contributed by atoms with E-state index >= 15 is 0 Å². The van der Waals surface area contributed by atoms with E-state index in [1.165, 1.54) is 7.11 Å². The van der Waals surface area contributed by atoms with E-state index in [0.29, 0.717) is 62.5 Å². The van der Waals surface area contributed by atoms with Crippen molar-refractivity contribution in [1.29, 1.82) is 0 Å². The molecule has 1 aliphatic heterocycles. The van der Waals surface area contributed by atoms with Gasteiger partial charge in [0.25, 0.3) is 5.91 Å². The number of aromatic carboxylic acids is 1. The largest absolute Gasteiger partial charge is 0.508 e. The van der Waals surface area contributed by atoms with Crippen LogP contribution in [0.25, 0.3) is 0 Å². The molecule has 0 spiro atoms. The number of methoxy groups -OCH3 is 2. The van der Waals surface area contributed by atoms with E-state index in [2.05, 4.69) is 5.32 Å². The molecular weight excluding hydrogens is 594 g/mol. The summed E-state index contributed by atoms with van der Waals surface area (Å²) in [4.78, 5) is 24.8. The normalized spacial score (nSPS) is 23.7. The molecule has 256 valence electrons. The third-order valence-electron chi connectivity index (χ3n) is 9.70. The van der Waals surface area contributed by atoms with Gasteiger partial charge in [0.2, 0.25) is 0 Å². The first-order chi connectivity index (χ1) is 21.9. The van der Waals surface area contributed by atoms with Crippen molar-refractivity contribution < 1.29 is 49.3 Å². The SMILES string of the molecule is CCC1(C)[C@H](O)CC[C@@H]([C@@H](NC(=O)[C@@H](O)CCc2ccccc2)OC)O[C@@H]1C[C@@H](CCCc1c(C)c(O)cc(O)c1C(=O)O)OC. The van der Waals surface area contributed by atoms with Gasteiger partial charge in [-0.1, -0.05) is 44.2 Å². The summed E-state index contributed by atoms with van der Waals surface area (Å²) in [7, 11) is 3.05. The maximum Gasteiger partial charge on any atom is 0.339 e. The summed E-state index contributed by atoms with van der Waals surface area (Å²) in [6.07, 6.45) is -0.211. The third kappa shape index (κ3) is 9.19. The van der Waals surface area contributed by atoms with Crippen molar-refractivity contribution in [2.75, 3.05) is 14.2 Å². The standard InChI is InChI=1S/C35H51NO10/c1-6-35(3)29(40)18-17-28(33(45-5)36-32(41)25(37)16-15-22-11-8-7-9-12-22)46-30(35)19-23(44-4)13-10-14-24-21(2)26(38)20-27(39)31(24)34(42)43/h7-9,11-12,20,23,25,28-30,33,37-40H,6,10,13-19H2,1-5H3,(H,36,41)(H,42,43)/t23-,25+,28+,29-,30-,33+,35?/m1/s1. The number of aryl methyl sites for hydroxylation is 1. The number of benzene rings is 2. The van der Waals surface area contributed by atoms with Crippen molar-refractivity contribution in [3.05, 3.63) is 58.7 Å². The van der Waals surface area contributed by atoms with E-state index in [-0.39, 0.29) is 23.8 Å². The summed E-state index contributed by atoms with van der Waals surface area (Å²) < 4.78 is 18.1. The quantitative estimate of drug-likeness (QED) is 0.145. The number of phenolic OH excluding ortho intramolecular Hbond substituents is 1. The van der Waals surface area contributed by atoms with Gasteiger partial charge >= 0.3 is 5.97 Å². The molecular formula is C35H51NO10. The summed E-state index contributed by atoms with van der Waals surface area (Å²) in [5.74, 6) is -2.49. The van der Waals surface area contributed by atoms with Gasteiger partial charge in [-0.3, -0.25) is 4.79 Å². The predicted molar refractivity (Wildman–Crippen MR) is 172 cm³/mol. The van der Waals surface area contributed by atoms with E-state index < -0.39 is 53.7 Å².